The Morgan fingerprint density at radius 1 is 1.14 bits per heavy atom. The van der Waals surface area contributed by atoms with Crippen LogP contribution >= 0.6 is 0 Å². The van der Waals surface area contributed by atoms with Crippen molar-refractivity contribution in [2.75, 3.05) is 10.6 Å². The highest BCUT2D eigenvalue weighted by Gasteiger charge is 2.54. The minimum atomic E-state index is -0.483. The molecule has 146 valence electrons. The maximum atomic E-state index is 12.0. The highest BCUT2D eigenvalue weighted by atomic mass is 16.3. The molecule has 4 aliphatic rings. The minimum Gasteiger partial charge on any atom is -0.390 e. The van der Waals surface area contributed by atoms with Gasteiger partial charge < -0.3 is 21.5 Å². The van der Waals surface area contributed by atoms with Crippen LogP contribution in [0.1, 0.15) is 42.5 Å². The van der Waals surface area contributed by atoms with Gasteiger partial charge in [-0.15, -0.1) is 0 Å². The van der Waals surface area contributed by atoms with E-state index >= 15 is 0 Å². The number of nitrogens with two attached hydrogens (primary N) is 1. The fourth-order valence-electron chi connectivity index (χ4n) is 5.91. The summed E-state index contributed by atoms with van der Waals surface area (Å²) >= 11 is 0. The average molecular weight is 378 g/mol. The second kappa shape index (κ2) is 6.48. The molecule has 1 aromatic heterocycles. The van der Waals surface area contributed by atoms with E-state index in [1.54, 1.807) is 6.20 Å². The summed E-state index contributed by atoms with van der Waals surface area (Å²) in [4.78, 5) is 16.3. The van der Waals surface area contributed by atoms with Gasteiger partial charge in [0.05, 0.1) is 16.9 Å². The van der Waals surface area contributed by atoms with Crippen LogP contribution in [0, 0.1) is 17.8 Å². The number of carbonyl (C=O) groups excluding carboxylic acids is 1. The number of aromatic nitrogens is 1. The number of anilines is 3. The number of amides is 1. The molecule has 2 aromatic rings. The monoisotopic (exact) mass is 378 g/mol. The molecule has 0 aliphatic heterocycles. The Hall–Kier alpha value is -2.60. The van der Waals surface area contributed by atoms with Crippen molar-refractivity contribution in [3.8, 4) is 0 Å². The maximum absolute atomic E-state index is 12.0. The van der Waals surface area contributed by atoms with Gasteiger partial charge in [-0.05, 0) is 62.0 Å². The van der Waals surface area contributed by atoms with Crippen molar-refractivity contribution in [1.82, 2.24) is 4.98 Å². The first-order valence-corrected chi connectivity index (χ1v) is 10.1. The van der Waals surface area contributed by atoms with Crippen molar-refractivity contribution in [2.45, 2.75) is 43.7 Å². The van der Waals surface area contributed by atoms with Crippen molar-refractivity contribution in [3.05, 3.63) is 48.2 Å². The van der Waals surface area contributed by atoms with Crippen LogP contribution in [0.5, 0.6) is 0 Å². The molecule has 4 fully saturated rings. The van der Waals surface area contributed by atoms with Crippen LogP contribution in [0.3, 0.4) is 0 Å². The lowest BCUT2D eigenvalue weighted by Gasteiger charge is -2.58. The lowest BCUT2D eigenvalue weighted by molar-refractivity contribution is -0.129. The summed E-state index contributed by atoms with van der Waals surface area (Å²) in [7, 11) is 0. The number of hydrogen-bond donors (Lipinski definition) is 4. The van der Waals surface area contributed by atoms with Gasteiger partial charge in [0.2, 0.25) is 0 Å². The minimum absolute atomic E-state index is 0.266. The predicted molar refractivity (Wildman–Crippen MR) is 108 cm³/mol. The van der Waals surface area contributed by atoms with Crippen molar-refractivity contribution in [2.24, 2.45) is 23.5 Å². The third kappa shape index (κ3) is 3.11. The Morgan fingerprint density at radius 2 is 1.86 bits per heavy atom. The van der Waals surface area contributed by atoms with Gasteiger partial charge in [0.1, 0.15) is 5.82 Å². The smallest absolute Gasteiger partial charge is 0.252 e. The summed E-state index contributed by atoms with van der Waals surface area (Å²) in [6, 6.07) is 11.9. The molecule has 4 bridgehead atoms. The summed E-state index contributed by atoms with van der Waals surface area (Å²) in [6.45, 7) is 0. The summed E-state index contributed by atoms with van der Waals surface area (Å²) in [5, 5.41) is 17.7. The van der Waals surface area contributed by atoms with E-state index < -0.39 is 11.5 Å². The van der Waals surface area contributed by atoms with Crippen molar-refractivity contribution >= 4 is 23.1 Å². The zero-order chi connectivity index (χ0) is 19.3. The van der Waals surface area contributed by atoms with Crippen LogP contribution < -0.4 is 16.4 Å². The van der Waals surface area contributed by atoms with E-state index in [1.165, 1.54) is 0 Å². The lowest BCUT2D eigenvalue weighted by Crippen LogP contribution is -2.59. The number of carbonyl (C=O) groups is 1. The normalized spacial score (nSPS) is 32.9. The summed E-state index contributed by atoms with van der Waals surface area (Å²) < 4.78 is 0. The van der Waals surface area contributed by atoms with Crippen LogP contribution in [0.2, 0.25) is 0 Å². The Morgan fingerprint density at radius 3 is 2.50 bits per heavy atom. The highest BCUT2D eigenvalue weighted by molar-refractivity contribution is 5.98. The molecule has 0 unspecified atom stereocenters. The molecule has 6 rings (SSSR count). The third-order valence-corrected chi connectivity index (χ3v) is 6.78. The van der Waals surface area contributed by atoms with Gasteiger partial charge >= 0.3 is 0 Å². The molecule has 1 amide bonds. The molecule has 0 spiro atoms. The molecular formula is C22H26N4O2. The topological polar surface area (TPSA) is 100 Å². The predicted octanol–water partition coefficient (Wildman–Crippen LogP) is 3.28. The molecule has 0 radical (unpaired) electrons. The van der Waals surface area contributed by atoms with Gasteiger partial charge in [-0.2, -0.15) is 0 Å². The van der Waals surface area contributed by atoms with Gasteiger partial charge in [0, 0.05) is 24.0 Å². The van der Waals surface area contributed by atoms with Gasteiger partial charge in [-0.1, -0.05) is 18.2 Å². The molecule has 1 heterocycles. The molecule has 6 nitrogen and oxygen atoms in total. The molecule has 28 heavy (non-hydrogen) atoms. The second-order valence-electron chi connectivity index (χ2n) is 8.83. The van der Waals surface area contributed by atoms with Crippen LogP contribution in [0.15, 0.2) is 42.6 Å². The van der Waals surface area contributed by atoms with Crippen LogP contribution in [-0.2, 0) is 0 Å². The lowest BCUT2D eigenvalue weighted by atomic mass is 9.52. The first-order chi connectivity index (χ1) is 13.5. The van der Waals surface area contributed by atoms with Gasteiger partial charge in [0.25, 0.3) is 5.91 Å². The number of benzene rings is 1. The number of para-hydroxylation sites is 1. The largest absolute Gasteiger partial charge is 0.390 e. The SMILES string of the molecule is NC(=O)c1cnc(Nc2ccccc2)cc1N[C@H]1[C@@H]2C[C@H]3C[C@H]1C[C@@](O)(C3)C2. The number of nitrogens with one attached hydrogen (secondary N) is 2. The zero-order valence-electron chi connectivity index (χ0n) is 15.8. The van der Waals surface area contributed by atoms with E-state index in [0.29, 0.717) is 29.1 Å². The number of pyridine rings is 1. The van der Waals surface area contributed by atoms with Gasteiger partial charge in [-0.25, -0.2) is 4.98 Å². The first kappa shape index (κ1) is 17.5. The Labute approximate surface area is 164 Å². The molecule has 4 saturated carbocycles. The Kier molecular flexibility index (Phi) is 4.05. The highest BCUT2D eigenvalue weighted by Crippen LogP contribution is 2.56. The number of hydrogen-bond acceptors (Lipinski definition) is 5. The quantitative estimate of drug-likeness (QED) is 0.640. The summed E-state index contributed by atoms with van der Waals surface area (Å²) in [6.07, 6.45) is 6.51. The summed E-state index contributed by atoms with van der Waals surface area (Å²) in [5.74, 6) is 1.71. The van der Waals surface area contributed by atoms with E-state index in [0.717, 1.165) is 43.5 Å². The van der Waals surface area contributed by atoms with E-state index in [2.05, 4.69) is 15.6 Å². The molecule has 6 heteroatoms. The van der Waals surface area contributed by atoms with Gasteiger partial charge in [0.15, 0.2) is 0 Å². The van der Waals surface area contributed by atoms with E-state index in [-0.39, 0.29) is 6.04 Å². The maximum Gasteiger partial charge on any atom is 0.252 e. The molecule has 5 atom stereocenters. The fourth-order valence-corrected chi connectivity index (χ4v) is 5.91. The van der Waals surface area contributed by atoms with Crippen molar-refractivity contribution in [3.63, 3.8) is 0 Å². The third-order valence-electron chi connectivity index (χ3n) is 6.78. The number of primary amides is 1. The number of rotatable bonds is 5. The molecule has 0 saturated heterocycles. The first-order valence-electron chi connectivity index (χ1n) is 10.1. The van der Waals surface area contributed by atoms with Gasteiger partial charge in [-0.3, -0.25) is 4.79 Å². The summed E-state index contributed by atoms with van der Waals surface area (Å²) in [5.41, 5.74) is 7.21. The van der Waals surface area contributed by atoms with E-state index in [4.69, 9.17) is 5.73 Å². The number of aliphatic hydroxyl groups is 1. The van der Waals surface area contributed by atoms with E-state index in [1.807, 2.05) is 36.4 Å². The fraction of sp³-hybridized carbons (Fsp3) is 0.455. The average Bonchev–Trinajstić information content (AvgIpc) is 2.64. The Bertz CT molecular complexity index is 885. The zero-order valence-corrected chi connectivity index (χ0v) is 15.8. The molecule has 5 N–H and O–H groups in total. The molecule has 1 aromatic carbocycles. The molecule has 4 aliphatic carbocycles. The van der Waals surface area contributed by atoms with Crippen LogP contribution in [0.4, 0.5) is 17.2 Å². The van der Waals surface area contributed by atoms with Crippen LogP contribution in [-0.4, -0.2) is 27.6 Å². The molecular weight excluding hydrogens is 352 g/mol. The van der Waals surface area contributed by atoms with Crippen molar-refractivity contribution in [1.29, 1.82) is 0 Å². The number of nitrogens with zero attached hydrogens (tertiary/aromatic N) is 1. The van der Waals surface area contributed by atoms with E-state index in [9.17, 15) is 9.90 Å². The standard InChI is InChI=1S/C22H26N4O2/c23-21(27)17-12-24-19(25-16-4-2-1-3-5-16)8-18(17)26-20-14-6-13-7-15(20)11-22(28,9-13)10-14/h1-5,8,12-15,20,28H,6-7,9-11H2,(H2,23,27)(H2,24,25,26)/t13-,14+,15-,20-,22+. The second-order valence-corrected chi connectivity index (χ2v) is 8.83. The van der Waals surface area contributed by atoms with Crippen LogP contribution in [0.25, 0.3) is 0 Å². The Balaban J connectivity index is 1.42. The van der Waals surface area contributed by atoms with Crippen molar-refractivity contribution < 1.29 is 9.90 Å².